The van der Waals surface area contributed by atoms with E-state index in [2.05, 4.69) is 0 Å². The highest BCUT2D eigenvalue weighted by atomic mass is 16.5. The van der Waals surface area contributed by atoms with Gasteiger partial charge in [0.1, 0.15) is 12.7 Å². The minimum absolute atomic E-state index is 0.0585. The van der Waals surface area contributed by atoms with Crippen LogP contribution in [0.4, 0.5) is 0 Å². The molecular weight excluding hydrogens is 252 g/mol. The summed E-state index contributed by atoms with van der Waals surface area (Å²) in [6.07, 6.45) is 2.58. The molecule has 1 N–H and O–H groups in total. The van der Waals surface area contributed by atoms with Crippen molar-refractivity contribution in [2.24, 2.45) is 0 Å². The summed E-state index contributed by atoms with van der Waals surface area (Å²) >= 11 is 0. The summed E-state index contributed by atoms with van der Waals surface area (Å²) in [5, 5.41) is 9.74. The van der Waals surface area contributed by atoms with Crippen molar-refractivity contribution in [1.82, 2.24) is 0 Å². The van der Waals surface area contributed by atoms with Crippen LogP contribution in [0.5, 0.6) is 0 Å². The molecule has 102 valence electrons. The fourth-order valence-electron chi connectivity index (χ4n) is 1.66. The molecular formula is C17H16O3. The molecule has 0 bridgehead atoms. The number of carbonyl (C=O) groups excluding carboxylic acids is 1. The fraction of sp³-hybridized carbons (Fsp3) is 0.118. The summed E-state index contributed by atoms with van der Waals surface area (Å²) in [4.78, 5) is 11.7. The number of hydrogen-bond donors (Lipinski definition) is 1. The third-order valence-corrected chi connectivity index (χ3v) is 2.71. The maximum absolute atomic E-state index is 11.7. The Labute approximate surface area is 118 Å². The van der Waals surface area contributed by atoms with Gasteiger partial charge in [0.25, 0.3) is 0 Å². The van der Waals surface area contributed by atoms with Crippen molar-refractivity contribution < 1.29 is 14.6 Å². The second kappa shape index (κ2) is 7.26. The average molecular weight is 268 g/mol. The lowest BCUT2D eigenvalue weighted by atomic mass is 10.2. The zero-order chi connectivity index (χ0) is 14.2. The predicted octanol–water partition coefficient (Wildman–Crippen LogP) is 2.92. The number of rotatable bonds is 5. The first-order valence-electron chi connectivity index (χ1n) is 6.39. The van der Waals surface area contributed by atoms with Gasteiger partial charge in [0, 0.05) is 0 Å². The molecule has 0 spiro atoms. The van der Waals surface area contributed by atoms with Crippen molar-refractivity contribution in [3.8, 4) is 0 Å². The second-order valence-electron chi connectivity index (χ2n) is 4.30. The predicted molar refractivity (Wildman–Crippen MR) is 78.2 cm³/mol. The second-order valence-corrected chi connectivity index (χ2v) is 4.30. The molecule has 0 aliphatic rings. The molecule has 0 aliphatic carbocycles. The molecule has 2 rings (SSSR count). The van der Waals surface area contributed by atoms with E-state index >= 15 is 0 Å². The number of esters is 1. The van der Waals surface area contributed by atoms with E-state index in [1.54, 1.807) is 36.4 Å². The number of benzene rings is 2. The van der Waals surface area contributed by atoms with Crippen molar-refractivity contribution in [2.75, 3.05) is 6.61 Å². The summed E-state index contributed by atoms with van der Waals surface area (Å²) in [6.45, 7) is -0.0585. The van der Waals surface area contributed by atoms with Crippen molar-refractivity contribution in [3.05, 3.63) is 77.9 Å². The highest BCUT2D eigenvalue weighted by Gasteiger charge is 2.08. The third-order valence-electron chi connectivity index (χ3n) is 2.71. The number of hydrogen-bond acceptors (Lipinski definition) is 3. The van der Waals surface area contributed by atoms with Gasteiger partial charge in [0.15, 0.2) is 0 Å². The molecule has 0 aromatic heterocycles. The first kappa shape index (κ1) is 14.0. The number of aliphatic hydroxyl groups excluding tert-OH is 1. The number of aliphatic hydroxyl groups is 1. The van der Waals surface area contributed by atoms with Crippen LogP contribution in [0.15, 0.2) is 66.7 Å². The summed E-state index contributed by atoms with van der Waals surface area (Å²) in [5.74, 6) is -0.433. The van der Waals surface area contributed by atoms with Crippen LogP contribution in [0, 0.1) is 0 Å². The molecule has 3 heteroatoms. The van der Waals surface area contributed by atoms with Crippen molar-refractivity contribution in [1.29, 1.82) is 0 Å². The van der Waals surface area contributed by atoms with E-state index in [1.165, 1.54) is 0 Å². The topological polar surface area (TPSA) is 46.5 Å². The van der Waals surface area contributed by atoms with E-state index in [1.807, 2.05) is 36.4 Å². The SMILES string of the molecule is O=C(OC[C@@H](O)/C=C/c1ccccc1)c1ccccc1. The van der Waals surface area contributed by atoms with E-state index in [-0.39, 0.29) is 6.61 Å². The van der Waals surface area contributed by atoms with Crippen LogP contribution in [0.3, 0.4) is 0 Å². The molecule has 0 radical (unpaired) electrons. The minimum Gasteiger partial charge on any atom is -0.459 e. The van der Waals surface area contributed by atoms with E-state index in [9.17, 15) is 9.90 Å². The smallest absolute Gasteiger partial charge is 0.338 e. The van der Waals surface area contributed by atoms with Crippen LogP contribution in [0.1, 0.15) is 15.9 Å². The summed E-state index contributed by atoms with van der Waals surface area (Å²) in [7, 11) is 0. The summed E-state index contributed by atoms with van der Waals surface area (Å²) in [5.41, 5.74) is 1.47. The van der Waals surface area contributed by atoms with Crippen molar-refractivity contribution in [2.45, 2.75) is 6.10 Å². The van der Waals surface area contributed by atoms with Crippen LogP contribution in [0.25, 0.3) is 6.08 Å². The van der Waals surface area contributed by atoms with Gasteiger partial charge in [0.05, 0.1) is 5.56 Å². The van der Waals surface area contributed by atoms with Crippen molar-refractivity contribution in [3.63, 3.8) is 0 Å². The zero-order valence-corrected chi connectivity index (χ0v) is 11.0. The van der Waals surface area contributed by atoms with Crippen molar-refractivity contribution >= 4 is 12.0 Å². The van der Waals surface area contributed by atoms with Gasteiger partial charge in [0.2, 0.25) is 0 Å². The fourth-order valence-corrected chi connectivity index (χ4v) is 1.66. The minimum atomic E-state index is -0.817. The molecule has 0 amide bonds. The zero-order valence-electron chi connectivity index (χ0n) is 11.0. The lowest BCUT2D eigenvalue weighted by molar-refractivity contribution is 0.0346. The molecule has 2 aromatic rings. The Morgan fingerprint density at radius 2 is 1.65 bits per heavy atom. The monoisotopic (exact) mass is 268 g/mol. The molecule has 0 aliphatic heterocycles. The molecule has 0 heterocycles. The van der Waals surface area contributed by atoms with Gasteiger partial charge >= 0.3 is 5.97 Å². The molecule has 2 aromatic carbocycles. The van der Waals surface area contributed by atoms with Crippen LogP contribution in [-0.4, -0.2) is 23.8 Å². The molecule has 0 fully saturated rings. The van der Waals surface area contributed by atoms with Gasteiger partial charge < -0.3 is 9.84 Å². The Morgan fingerprint density at radius 3 is 2.30 bits per heavy atom. The molecule has 0 unspecified atom stereocenters. The normalized spacial score (nSPS) is 12.2. The van der Waals surface area contributed by atoms with Gasteiger partial charge in [-0.15, -0.1) is 0 Å². The Bertz CT molecular complexity index is 561. The van der Waals surface area contributed by atoms with Crippen LogP contribution in [0.2, 0.25) is 0 Å². The Hall–Kier alpha value is -2.39. The summed E-state index contributed by atoms with van der Waals surface area (Å²) in [6, 6.07) is 18.3. The largest absolute Gasteiger partial charge is 0.459 e. The molecule has 1 atom stereocenters. The highest BCUT2D eigenvalue weighted by Crippen LogP contribution is 2.04. The van der Waals surface area contributed by atoms with Crippen LogP contribution < -0.4 is 0 Å². The third kappa shape index (κ3) is 4.37. The highest BCUT2D eigenvalue weighted by molar-refractivity contribution is 5.89. The Morgan fingerprint density at radius 1 is 1.05 bits per heavy atom. The maximum Gasteiger partial charge on any atom is 0.338 e. The first-order chi connectivity index (χ1) is 9.75. The van der Waals surface area contributed by atoms with Gasteiger partial charge in [-0.1, -0.05) is 60.7 Å². The van der Waals surface area contributed by atoms with Crippen LogP contribution >= 0.6 is 0 Å². The van der Waals surface area contributed by atoms with Gasteiger partial charge in [-0.2, -0.15) is 0 Å². The summed E-state index contributed by atoms with van der Waals surface area (Å²) < 4.78 is 5.04. The molecule has 0 saturated heterocycles. The Kier molecular flexibility index (Phi) is 5.09. The van der Waals surface area contributed by atoms with E-state index in [0.717, 1.165) is 5.56 Å². The van der Waals surface area contributed by atoms with Crippen LogP contribution in [-0.2, 0) is 4.74 Å². The Balaban J connectivity index is 1.82. The average Bonchev–Trinajstić information content (AvgIpc) is 2.52. The lowest BCUT2D eigenvalue weighted by Crippen LogP contribution is -2.16. The molecule has 3 nitrogen and oxygen atoms in total. The van der Waals surface area contributed by atoms with Gasteiger partial charge in [-0.05, 0) is 17.7 Å². The van der Waals surface area contributed by atoms with Gasteiger partial charge in [-0.3, -0.25) is 0 Å². The number of carbonyl (C=O) groups is 1. The van der Waals surface area contributed by atoms with E-state index < -0.39 is 12.1 Å². The molecule has 20 heavy (non-hydrogen) atoms. The maximum atomic E-state index is 11.7. The standard InChI is InChI=1S/C17H16O3/c18-16(12-11-14-7-3-1-4-8-14)13-20-17(19)15-9-5-2-6-10-15/h1-12,16,18H,13H2/b12-11+/t16-/m0/s1. The van der Waals surface area contributed by atoms with E-state index in [4.69, 9.17) is 4.74 Å². The molecule has 0 saturated carbocycles. The number of ether oxygens (including phenoxy) is 1. The first-order valence-corrected chi connectivity index (χ1v) is 6.39. The quantitative estimate of drug-likeness (QED) is 0.848. The van der Waals surface area contributed by atoms with E-state index in [0.29, 0.717) is 5.56 Å². The lowest BCUT2D eigenvalue weighted by Gasteiger charge is -2.07. The van der Waals surface area contributed by atoms with Gasteiger partial charge in [-0.25, -0.2) is 4.79 Å².